The molecule has 0 aliphatic rings. The van der Waals surface area contributed by atoms with Crippen LogP contribution in [0.5, 0.6) is 0 Å². The van der Waals surface area contributed by atoms with Gasteiger partial charge in [0.15, 0.2) is 5.58 Å². The second-order valence-corrected chi connectivity index (χ2v) is 2.86. The zero-order chi connectivity index (χ0) is 10.1. The first-order valence-corrected chi connectivity index (χ1v) is 4.00. The first-order valence-electron chi connectivity index (χ1n) is 4.00. The summed E-state index contributed by atoms with van der Waals surface area (Å²) in [7, 11) is 0. The van der Waals surface area contributed by atoms with Gasteiger partial charge in [-0.05, 0) is 17.6 Å². The lowest BCUT2D eigenvalue weighted by Gasteiger charge is -1.96. The van der Waals surface area contributed by atoms with E-state index in [9.17, 15) is 9.82 Å². The molecule has 70 valence electrons. The number of carbonyl (C=O) groups excluding carboxylic acids is 1. The van der Waals surface area contributed by atoms with Gasteiger partial charge in [0.1, 0.15) is 11.7 Å². The maximum absolute atomic E-state index is 10.3. The monoisotopic (exact) mass is 190 g/mol. The number of hydrogen-bond acceptors (Lipinski definition) is 5. The largest absolute Gasteiger partial charge is 0.441 e. The van der Waals surface area contributed by atoms with Gasteiger partial charge in [-0.15, -0.1) is 0 Å². The van der Waals surface area contributed by atoms with Gasteiger partial charge in [-0.2, -0.15) is 4.98 Å². The SMILES string of the molecule is Nc1nc2cc(B(O)C=O)ccc2o1. The van der Waals surface area contributed by atoms with Crippen LogP contribution in [0.3, 0.4) is 0 Å². The number of oxazole rings is 1. The highest BCUT2D eigenvalue weighted by Crippen LogP contribution is 2.14. The molecule has 1 aromatic heterocycles. The molecule has 0 unspecified atom stereocenters. The van der Waals surface area contributed by atoms with Crippen molar-refractivity contribution in [1.29, 1.82) is 0 Å². The van der Waals surface area contributed by atoms with Gasteiger partial charge < -0.3 is 20.0 Å². The summed E-state index contributed by atoms with van der Waals surface area (Å²) < 4.78 is 5.03. The molecule has 0 bridgehead atoms. The van der Waals surface area contributed by atoms with Gasteiger partial charge in [0, 0.05) is 0 Å². The molecule has 1 heterocycles. The molecule has 0 aliphatic carbocycles. The molecule has 0 amide bonds. The zero-order valence-electron chi connectivity index (χ0n) is 7.18. The summed E-state index contributed by atoms with van der Waals surface area (Å²) in [6.45, 7) is -1.13. The Balaban J connectivity index is 2.55. The van der Waals surface area contributed by atoms with E-state index in [1.54, 1.807) is 18.2 Å². The molecule has 0 fully saturated rings. The molecule has 0 radical (unpaired) electrons. The highest BCUT2D eigenvalue weighted by molar-refractivity contribution is 6.89. The third kappa shape index (κ3) is 1.35. The van der Waals surface area contributed by atoms with Crippen LogP contribution in [-0.4, -0.2) is 23.1 Å². The van der Waals surface area contributed by atoms with Crippen LogP contribution < -0.4 is 11.2 Å². The molecule has 2 rings (SSSR count). The van der Waals surface area contributed by atoms with Gasteiger partial charge in [-0.3, -0.25) is 0 Å². The lowest BCUT2D eigenvalue weighted by molar-refractivity contribution is 0.549. The van der Waals surface area contributed by atoms with Crippen molar-refractivity contribution in [1.82, 2.24) is 4.98 Å². The quantitative estimate of drug-likeness (QED) is 0.486. The fourth-order valence-corrected chi connectivity index (χ4v) is 1.22. The molecular weight excluding hydrogens is 183 g/mol. The van der Waals surface area contributed by atoms with Gasteiger partial charge in [0.2, 0.25) is 0 Å². The van der Waals surface area contributed by atoms with Crippen LogP contribution >= 0.6 is 0 Å². The first kappa shape index (κ1) is 8.77. The molecular formula is C8H7BN2O3. The van der Waals surface area contributed by atoms with E-state index in [0.29, 0.717) is 22.7 Å². The van der Waals surface area contributed by atoms with E-state index in [0.717, 1.165) is 0 Å². The smallest absolute Gasteiger partial charge is 0.395 e. The third-order valence-corrected chi connectivity index (χ3v) is 1.90. The molecule has 0 saturated heterocycles. The molecule has 3 N–H and O–H groups in total. The minimum atomic E-state index is -1.13. The van der Waals surface area contributed by atoms with Crippen molar-refractivity contribution >= 4 is 35.7 Å². The Bertz CT molecular complexity index is 482. The predicted octanol–water partition coefficient (Wildman–Crippen LogP) is -0.627. The van der Waals surface area contributed by atoms with E-state index in [2.05, 4.69) is 4.98 Å². The maximum atomic E-state index is 10.3. The summed E-state index contributed by atoms with van der Waals surface area (Å²) in [5, 5.41) is 9.24. The van der Waals surface area contributed by atoms with E-state index in [1.807, 2.05) is 0 Å². The number of nitrogens with two attached hydrogens (primary N) is 1. The molecule has 0 aliphatic heterocycles. The fraction of sp³-hybridized carbons (Fsp3) is 0. The minimum absolute atomic E-state index is 0.0674. The standard InChI is InChI=1S/C8H7BN2O3/c10-8-11-6-3-5(9(13)4-12)1-2-7(6)14-8/h1-4,13H,(H2,10,11). The van der Waals surface area contributed by atoms with E-state index >= 15 is 0 Å². The molecule has 5 nitrogen and oxygen atoms in total. The van der Waals surface area contributed by atoms with Crippen molar-refractivity contribution in [3.63, 3.8) is 0 Å². The average molecular weight is 190 g/mol. The molecule has 0 saturated carbocycles. The molecule has 6 heteroatoms. The Morgan fingerprint density at radius 3 is 3.07 bits per heavy atom. The average Bonchev–Trinajstić information content (AvgIpc) is 2.55. The first-order chi connectivity index (χ1) is 6.70. The van der Waals surface area contributed by atoms with E-state index in [4.69, 9.17) is 10.2 Å². The minimum Gasteiger partial charge on any atom is -0.441 e. The van der Waals surface area contributed by atoms with Crippen LogP contribution in [0.1, 0.15) is 0 Å². The topological polar surface area (TPSA) is 89.4 Å². The van der Waals surface area contributed by atoms with E-state index in [1.165, 1.54) is 0 Å². The summed E-state index contributed by atoms with van der Waals surface area (Å²) in [6, 6.07) is 4.83. The van der Waals surface area contributed by atoms with Crippen LogP contribution in [0.25, 0.3) is 11.1 Å². The highest BCUT2D eigenvalue weighted by atomic mass is 16.4. The van der Waals surface area contributed by atoms with Gasteiger partial charge in [-0.25, -0.2) is 0 Å². The maximum Gasteiger partial charge on any atom is 0.395 e. The van der Waals surface area contributed by atoms with Crippen LogP contribution in [0.2, 0.25) is 0 Å². The number of nitrogens with zero attached hydrogens (tertiary/aromatic N) is 1. The third-order valence-electron chi connectivity index (χ3n) is 1.90. The zero-order valence-corrected chi connectivity index (χ0v) is 7.18. The molecule has 0 atom stereocenters. The highest BCUT2D eigenvalue weighted by Gasteiger charge is 2.14. The Morgan fingerprint density at radius 2 is 2.36 bits per heavy atom. The normalized spacial score (nSPS) is 10.4. The van der Waals surface area contributed by atoms with Crippen molar-refractivity contribution in [3.8, 4) is 0 Å². The van der Waals surface area contributed by atoms with Crippen molar-refractivity contribution in [3.05, 3.63) is 18.2 Å². The van der Waals surface area contributed by atoms with Gasteiger partial charge in [-0.1, -0.05) is 6.07 Å². The summed E-state index contributed by atoms with van der Waals surface area (Å²) in [4.78, 5) is 14.2. The van der Waals surface area contributed by atoms with Crippen molar-refractivity contribution < 1.29 is 14.2 Å². The number of carbonyl (C=O) groups is 1. The number of aromatic nitrogens is 1. The van der Waals surface area contributed by atoms with Gasteiger partial charge in [0.05, 0.1) is 0 Å². The molecule has 0 spiro atoms. The Labute approximate surface area is 79.6 Å². The van der Waals surface area contributed by atoms with E-state index < -0.39 is 6.92 Å². The predicted molar refractivity (Wildman–Crippen MR) is 52.8 cm³/mol. The molecule has 1 aromatic carbocycles. The van der Waals surface area contributed by atoms with Crippen molar-refractivity contribution in [2.75, 3.05) is 5.73 Å². The number of fused-ring (bicyclic) bond motifs is 1. The second kappa shape index (κ2) is 3.15. The van der Waals surface area contributed by atoms with Crippen molar-refractivity contribution in [2.24, 2.45) is 0 Å². The van der Waals surface area contributed by atoms with Crippen LogP contribution in [0.4, 0.5) is 6.01 Å². The number of rotatable bonds is 2. The number of nitrogen functional groups attached to an aromatic ring is 1. The van der Waals surface area contributed by atoms with Gasteiger partial charge >= 0.3 is 6.92 Å². The van der Waals surface area contributed by atoms with E-state index in [-0.39, 0.29) is 6.01 Å². The summed E-state index contributed by atoms with van der Waals surface area (Å²) in [6.07, 6.45) is 0.449. The Kier molecular flexibility index (Phi) is 1.97. The Morgan fingerprint density at radius 1 is 1.57 bits per heavy atom. The number of hydrogen-bond donors (Lipinski definition) is 2. The number of anilines is 1. The molecule has 2 aromatic rings. The van der Waals surface area contributed by atoms with Crippen LogP contribution in [0.15, 0.2) is 22.6 Å². The second-order valence-electron chi connectivity index (χ2n) is 2.86. The molecule has 14 heavy (non-hydrogen) atoms. The fourth-order valence-electron chi connectivity index (χ4n) is 1.22. The van der Waals surface area contributed by atoms with Crippen molar-refractivity contribution in [2.45, 2.75) is 0 Å². The van der Waals surface area contributed by atoms with Gasteiger partial charge in [0.25, 0.3) is 6.01 Å². The van der Waals surface area contributed by atoms with Crippen LogP contribution in [-0.2, 0) is 4.79 Å². The lowest BCUT2D eigenvalue weighted by Crippen LogP contribution is -2.31. The summed E-state index contributed by atoms with van der Waals surface area (Å²) >= 11 is 0. The summed E-state index contributed by atoms with van der Waals surface area (Å²) in [5.74, 6) is 0. The van der Waals surface area contributed by atoms with Crippen LogP contribution in [0, 0.1) is 0 Å². The lowest BCUT2D eigenvalue weighted by atomic mass is 9.63. The summed E-state index contributed by atoms with van der Waals surface area (Å²) in [5.41, 5.74) is 6.87. The number of benzene rings is 1. The Hall–Kier alpha value is -1.82.